The quantitative estimate of drug-likeness (QED) is 0.394. The van der Waals surface area contributed by atoms with Crippen LogP contribution < -0.4 is 16.4 Å². The van der Waals surface area contributed by atoms with Crippen LogP contribution in [0.1, 0.15) is 68.4 Å². The highest BCUT2D eigenvalue weighted by Crippen LogP contribution is 2.38. The van der Waals surface area contributed by atoms with Gasteiger partial charge in [-0.3, -0.25) is 4.79 Å². The summed E-state index contributed by atoms with van der Waals surface area (Å²) in [6.07, 6.45) is 8.41. The third-order valence-corrected chi connectivity index (χ3v) is 9.09. The summed E-state index contributed by atoms with van der Waals surface area (Å²) in [5.41, 5.74) is 8.50. The molecule has 8 heteroatoms. The van der Waals surface area contributed by atoms with Crippen molar-refractivity contribution in [1.82, 2.24) is 5.32 Å². The number of nitrogens with one attached hydrogen (secondary N) is 2. The summed E-state index contributed by atoms with van der Waals surface area (Å²) in [5, 5.41) is 7.15. The number of carbonyl (C=O) groups is 1. The zero-order valence-electron chi connectivity index (χ0n) is 22.6. The van der Waals surface area contributed by atoms with Gasteiger partial charge < -0.3 is 25.8 Å². The van der Waals surface area contributed by atoms with Gasteiger partial charge in [0.05, 0.1) is 17.7 Å². The maximum Gasteiger partial charge on any atom is 0.241 e. The summed E-state index contributed by atoms with van der Waals surface area (Å²) >= 11 is 6.15. The summed E-state index contributed by atoms with van der Waals surface area (Å²) < 4.78 is 27.1. The fraction of sp³-hybridized carbons (Fsp3) is 0.581. The van der Waals surface area contributed by atoms with Crippen molar-refractivity contribution in [2.24, 2.45) is 11.7 Å². The minimum Gasteiger partial charge on any atom is -0.381 e. The van der Waals surface area contributed by atoms with E-state index in [1.165, 1.54) is 12.5 Å². The van der Waals surface area contributed by atoms with Crippen molar-refractivity contribution in [2.45, 2.75) is 81.5 Å². The second-order valence-corrected chi connectivity index (χ2v) is 11.9. The number of carbonyl (C=O) groups excluding carboxylic acids is 1. The van der Waals surface area contributed by atoms with Crippen LogP contribution in [0.2, 0.25) is 5.02 Å². The van der Waals surface area contributed by atoms with E-state index in [-0.39, 0.29) is 29.3 Å². The Bertz CT molecular complexity index is 1100. The van der Waals surface area contributed by atoms with Gasteiger partial charge in [0, 0.05) is 61.3 Å². The minimum absolute atomic E-state index is 0.0251. The average Bonchev–Trinajstić information content (AvgIpc) is 2.95. The molecule has 1 spiro atoms. The number of nitrogens with two attached hydrogens (primary N) is 1. The van der Waals surface area contributed by atoms with Crippen molar-refractivity contribution in [2.75, 3.05) is 31.6 Å². The molecule has 3 fully saturated rings. The van der Waals surface area contributed by atoms with Crippen LogP contribution >= 0.6 is 11.6 Å². The second kappa shape index (κ2) is 13.1. The lowest BCUT2D eigenvalue weighted by molar-refractivity contribution is -0.160. The van der Waals surface area contributed by atoms with Crippen molar-refractivity contribution in [1.29, 1.82) is 0 Å². The highest BCUT2D eigenvalue weighted by Gasteiger charge is 2.39. The number of anilines is 1. The molecule has 2 aliphatic heterocycles. The second-order valence-electron chi connectivity index (χ2n) is 11.5. The molecule has 4 N–H and O–H groups in total. The fourth-order valence-corrected chi connectivity index (χ4v) is 6.79. The van der Waals surface area contributed by atoms with E-state index in [9.17, 15) is 4.79 Å². The van der Waals surface area contributed by atoms with Crippen LogP contribution in [0.4, 0.5) is 10.1 Å². The first kappa shape index (κ1) is 28.5. The highest BCUT2D eigenvalue weighted by molar-refractivity contribution is 6.30. The topological polar surface area (TPSA) is 85.6 Å². The number of benzene rings is 2. The Hall–Kier alpha value is -2.03. The van der Waals surface area contributed by atoms with E-state index < -0.39 is 6.04 Å². The van der Waals surface area contributed by atoms with Gasteiger partial charge >= 0.3 is 0 Å². The molecule has 3 aliphatic rings. The molecular formula is C31H41ClFN3O3. The zero-order chi connectivity index (χ0) is 27.2. The molecule has 1 saturated carbocycles. The van der Waals surface area contributed by atoms with Crippen molar-refractivity contribution in [3.63, 3.8) is 0 Å². The molecule has 0 bridgehead atoms. The molecular weight excluding hydrogens is 517 g/mol. The monoisotopic (exact) mass is 557 g/mol. The molecule has 2 aromatic carbocycles. The lowest BCUT2D eigenvalue weighted by atomic mass is 9.73. The van der Waals surface area contributed by atoms with Gasteiger partial charge in [0.1, 0.15) is 5.82 Å². The molecule has 2 heterocycles. The Morgan fingerprint density at radius 1 is 1.13 bits per heavy atom. The van der Waals surface area contributed by atoms with Gasteiger partial charge in [-0.25, -0.2) is 4.39 Å². The molecule has 2 saturated heterocycles. The van der Waals surface area contributed by atoms with E-state index in [2.05, 4.69) is 10.6 Å². The number of morpholine rings is 1. The number of hydrogen-bond acceptors (Lipinski definition) is 5. The third kappa shape index (κ3) is 7.01. The van der Waals surface area contributed by atoms with E-state index in [0.29, 0.717) is 48.2 Å². The largest absolute Gasteiger partial charge is 0.381 e. The molecule has 0 radical (unpaired) electrons. The van der Waals surface area contributed by atoms with E-state index >= 15 is 4.39 Å². The van der Waals surface area contributed by atoms with Gasteiger partial charge in [-0.1, -0.05) is 49.1 Å². The van der Waals surface area contributed by atoms with Crippen LogP contribution in [0.5, 0.6) is 0 Å². The van der Waals surface area contributed by atoms with Crippen molar-refractivity contribution < 1.29 is 18.7 Å². The summed E-state index contributed by atoms with van der Waals surface area (Å²) in [5.74, 6) is -0.422. The Morgan fingerprint density at radius 2 is 1.87 bits per heavy atom. The van der Waals surface area contributed by atoms with Crippen LogP contribution in [0.3, 0.4) is 0 Å². The zero-order valence-corrected chi connectivity index (χ0v) is 23.4. The first-order valence-electron chi connectivity index (χ1n) is 14.5. The molecule has 5 rings (SSSR count). The van der Waals surface area contributed by atoms with Gasteiger partial charge in [-0.15, -0.1) is 0 Å². The van der Waals surface area contributed by atoms with Gasteiger partial charge in [0.2, 0.25) is 5.91 Å². The molecule has 1 amide bonds. The molecule has 3 atom stereocenters. The van der Waals surface area contributed by atoms with Gasteiger partial charge in [-0.2, -0.15) is 0 Å². The number of ether oxygens (including phenoxy) is 2. The average molecular weight is 558 g/mol. The maximum absolute atomic E-state index is 15.1. The lowest BCUT2D eigenvalue weighted by Gasteiger charge is -2.44. The fourth-order valence-electron chi connectivity index (χ4n) is 6.66. The van der Waals surface area contributed by atoms with Crippen LogP contribution in [-0.2, 0) is 20.7 Å². The standard InChI is InChI=1S/C31H41ClFN3O3/c32-23-11-9-22(10-12-23)28(21-5-2-1-3-6-21)29(34)30(37)36-27-8-4-7-26(33)25(27)14-13-24-19-35-20-31(39-24)15-17-38-18-16-31/h4,7-12,21,24,28-29,35H,1-3,5-6,13-20,34H2,(H,36,37)/t24-,28?,29+/m1/s1. The molecule has 0 aromatic heterocycles. The van der Waals surface area contributed by atoms with Gasteiger partial charge in [-0.05, 0) is 61.4 Å². The first-order chi connectivity index (χ1) is 18.9. The summed E-state index contributed by atoms with van der Waals surface area (Å²) in [7, 11) is 0. The van der Waals surface area contributed by atoms with Crippen molar-refractivity contribution >= 4 is 23.2 Å². The summed E-state index contributed by atoms with van der Waals surface area (Å²) in [4.78, 5) is 13.6. The molecule has 39 heavy (non-hydrogen) atoms. The SMILES string of the molecule is N[C@H](C(=O)Nc1cccc(F)c1CC[C@@H]1CNCC2(CCOCC2)O1)C(c1ccc(Cl)cc1)C1CCCCC1. The Kier molecular flexibility index (Phi) is 9.56. The summed E-state index contributed by atoms with van der Waals surface area (Å²) in [6.45, 7) is 2.96. The maximum atomic E-state index is 15.1. The predicted molar refractivity (Wildman–Crippen MR) is 153 cm³/mol. The van der Waals surface area contributed by atoms with Gasteiger partial charge in [0.25, 0.3) is 0 Å². The Labute approximate surface area is 236 Å². The van der Waals surface area contributed by atoms with Crippen molar-refractivity contribution in [3.8, 4) is 0 Å². The number of amides is 1. The van der Waals surface area contributed by atoms with Crippen LogP contribution in [0.25, 0.3) is 0 Å². The summed E-state index contributed by atoms with van der Waals surface area (Å²) in [6, 6.07) is 11.8. The smallest absolute Gasteiger partial charge is 0.241 e. The normalized spacial score (nSPS) is 23.3. The highest BCUT2D eigenvalue weighted by atomic mass is 35.5. The van der Waals surface area contributed by atoms with Crippen LogP contribution in [0.15, 0.2) is 42.5 Å². The van der Waals surface area contributed by atoms with E-state index in [1.54, 1.807) is 12.1 Å². The van der Waals surface area contributed by atoms with Crippen LogP contribution in [-0.4, -0.2) is 50.0 Å². The molecule has 1 aliphatic carbocycles. The molecule has 2 aromatic rings. The molecule has 212 valence electrons. The molecule has 6 nitrogen and oxygen atoms in total. The lowest BCUT2D eigenvalue weighted by Crippen LogP contribution is -2.56. The Morgan fingerprint density at radius 3 is 2.62 bits per heavy atom. The van der Waals surface area contributed by atoms with E-state index in [0.717, 1.165) is 57.2 Å². The number of halogens is 2. The third-order valence-electron chi connectivity index (χ3n) is 8.84. The van der Waals surface area contributed by atoms with Crippen molar-refractivity contribution in [3.05, 3.63) is 64.4 Å². The predicted octanol–water partition coefficient (Wildman–Crippen LogP) is 5.58. The van der Waals surface area contributed by atoms with Gasteiger partial charge in [0.15, 0.2) is 0 Å². The Balaban J connectivity index is 1.28. The van der Waals surface area contributed by atoms with E-state index in [1.807, 2.05) is 24.3 Å². The van der Waals surface area contributed by atoms with Crippen LogP contribution in [0, 0.1) is 11.7 Å². The molecule has 1 unspecified atom stereocenters. The number of hydrogen-bond donors (Lipinski definition) is 3. The minimum atomic E-state index is -0.760. The first-order valence-corrected chi connectivity index (χ1v) is 14.9. The van der Waals surface area contributed by atoms with E-state index in [4.69, 9.17) is 26.8 Å². The number of rotatable bonds is 8.